The fourth-order valence-electron chi connectivity index (χ4n) is 1.76. The molecule has 0 saturated heterocycles. The molecule has 0 N–H and O–H groups in total. The fourth-order valence-corrected chi connectivity index (χ4v) is 1.99. The summed E-state index contributed by atoms with van der Waals surface area (Å²) in [5.41, 5.74) is 2.75. The molecule has 0 spiro atoms. The normalized spacial score (nSPS) is 10.9. The zero-order chi connectivity index (χ0) is 11.0. The van der Waals surface area contributed by atoms with Gasteiger partial charge in [-0.25, -0.2) is 4.98 Å². The molecule has 0 fully saturated rings. The second-order valence-electron chi connectivity index (χ2n) is 3.67. The minimum absolute atomic E-state index is 0.125. The molecule has 4 heteroatoms. The van der Waals surface area contributed by atoms with Gasteiger partial charge in [0.2, 0.25) is 0 Å². The summed E-state index contributed by atoms with van der Waals surface area (Å²) in [7, 11) is 1.91. The molecule has 1 aromatic carbocycles. The van der Waals surface area contributed by atoms with Crippen LogP contribution in [0.4, 0.5) is 0 Å². The molecule has 0 amide bonds. The predicted molar refractivity (Wildman–Crippen MR) is 60.1 cm³/mol. The first-order valence-electron chi connectivity index (χ1n) is 4.67. The molecule has 2 rings (SSSR count). The molecule has 1 heterocycles. The molecular formula is C11H11ClN2O. The third-order valence-corrected chi connectivity index (χ3v) is 2.51. The van der Waals surface area contributed by atoms with Crippen molar-refractivity contribution in [2.24, 2.45) is 7.05 Å². The minimum Gasteiger partial charge on any atom is -0.333 e. The van der Waals surface area contributed by atoms with Crippen LogP contribution in [0.5, 0.6) is 0 Å². The number of benzene rings is 1. The Kier molecular flexibility index (Phi) is 2.49. The van der Waals surface area contributed by atoms with Crippen LogP contribution in [0.25, 0.3) is 11.0 Å². The predicted octanol–water partition coefficient (Wildman–Crippen LogP) is 2.36. The SMILES string of the molecule is CC(=O)Cc1cc(Cl)cc2ncn(C)c12. The lowest BCUT2D eigenvalue weighted by Gasteiger charge is -2.03. The zero-order valence-corrected chi connectivity index (χ0v) is 9.38. The average Bonchev–Trinajstić information content (AvgIpc) is 2.46. The highest BCUT2D eigenvalue weighted by atomic mass is 35.5. The van der Waals surface area contributed by atoms with Gasteiger partial charge in [-0.2, -0.15) is 0 Å². The number of halogens is 1. The van der Waals surface area contributed by atoms with Crippen molar-refractivity contribution in [1.82, 2.24) is 9.55 Å². The summed E-state index contributed by atoms with van der Waals surface area (Å²) in [5, 5.41) is 0.623. The maximum atomic E-state index is 11.1. The first-order valence-corrected chi connectivity index (χ1v) is 5.04. The van der Waals surface area contributed by atoms with Gasteiger partial charge in [0.25, 0.3) is 0 Å². The van der Waals surface area contributed by atoms with E-state index in [1.54, 1.807) is 19.3 Å². The number of carbonyl (C=O) groups excluding carboxylic acids is 1. The van der Waals surface area contributed by atoms with Gasteiger partial charge in [-0.15, -0.1) is 0 Å². The molecular weight excluding hydrogens is 212 g/mol. The van der Waals surface area contributed by atoms with Gasteiger partial charge in [0, 0.05) is 18.5 Å². The van der Waals surface area contributed by atoms with Crippen LogP contribution in [0, 0.1) is 0 Å². The van der Waals surface area contributed by atoms with Crippen LogP contribution >= 0.6 is 11.6 Å². The van der Waals surface area contributed by atoms with E-state index >= 15 is 0 Å². The van der Waals surface area contributed by atoms with Gasteiger partial charge < -0.3 is 4.57 Å². The van der Waals surface area contributed by atoms with Crippen molar-refractivity contribution in [2.45, 2.75) is 13.3 Å². The Labute approximate surface area is 92.7 Å². The van der Waals surface area contributed by atoms with E-state index < -0.39 is 0 Å². The van der Waals surface area contributed by atoms with E-state index in [-0.39, 0.29) is 5.78 Å². The minimum atomic E-state index is 0.125. The summed E-state index contributed by atoms with van der Waals surface area (Å²) in [6.45, 7) is 1.57. The van der Waals surface area contributed by atoms with Gasteiger partial charge >= 0.3 is 0 Å². The van der Waals surface area contributed by atoms with Crippen LogP contribution in [-0.4, -0.2) is 15.3 Å². The number of fused-ring (bicyclic) bond motifs is 1. The van der Waals surface area contributed by atoms with E-state index in [0.717, 1.165) is 16.6 Å². The van der Waals surface area contributed by atoms with E-state index in [4.69, 9.17) is 11.6 Å². The van der Waals surface area contributed by atoms with Gasteiger partial charge in [-0.3, -0.25) is 4.79 Å². The van der Waals surface area contributed by atoms with Crippen molar-refractivity contribution in [3.63, 3.8) is 0 Å². The number of rotatable bonds is 2. The third-order valence-electron chi connectivity index (χ3n) is 2.30. The van der Waals surface area contributed by atoms with Crippen molar-refractivity contribution in [2.75, 3.05) is 0 Å². The van der Waals surface area contributed by atoms with Gasteiger partial charge in [-0.1, -0.05) is 11.6 Å². The number of carbonyl (C=O) groups is 1. The van der Waals surface area contributed by atoms with Crippen LogP contribution in [0.1, 0.15) is 12.5 Å². The maximum Gasteiger partial charge on any atom is 0.134 e. The molecule has 3 nitrogen and oxygen atoms in total. The van der Waals surface area contributed by atoms with Crippen LogP contribution < -0.4 is 0 Å². The highest BCUT2D eigenvalue weighted by Crippen LogP contribution is 2.23. The summed E-state index contributed by atoms with van der Waals surface area (Å²) in [6, 6.07) is 3.63. The molecule has 0 bridgehead atoms. The van der Waals surface area contributed by atoms with Crippen LogP contribution in [0.15, 0.2) is 18.5 Å². The van der Waals surface area contributed by atoms with Gasteiger partial charge in [0.15, 0.2) is 0 Å². The average molecular weight is 223 g/mol. The molecule has 15 heavy (non-hydrogen) atoms. The zero-order valence-electron chi connectivity index (χ0n) is 8.62. The summed E-state index contributed by atoms with van der Waals surface area (Å²) in [5.74, 6) is 0.125. The number of hydrogen-bond acceptors (Lipinski definition) is 2. The van der Waals surface area contributed by atoms with Crippen molar-refractivity contribution < 1.29 is 4.79 Å². The molecule has 2 aromatic rings. The van der Waals surface area contributed by atoms with Gasteiger partial charge in [-0.05, 0) is 24.6 Å². The monoisotopic (exact) mass is 222 g/mol. The van der Waals surface area contributed by atoms with Crippen molar-refractivity contribution in [3.8, 4) is 0 Å². The third kappa shape index (κ3) is 1.88. The molecule has 0 saturated carbocycles. The lowest BCUT2D eigenvalue weighted by molar-refractivity contribution is -0.116. The Balaban J connectivity index is 2.68. The van der Waals surface area contributed by atoms with Crippen molar-refractivity contribution in [1.29, 1.82) is 0 Å². The smallest absolute Gasteiger partial charge is 0.134 e. The highest BCUT2D eigenvalue weighted by molar-refractivity contribution is 6.31. The van der Waals surface area contributed by atoms with E-state index in [9.17, 15) is 4.79 Å². The fraction of sp³-hybridized carbons (Fsp3) is 0.273. The van der Waals surface area contributed by atoms with Crippen LogP contribution in [0.2, 0.25) is 5.02 Å². The van der Waals surface area contributed by atoms with Crippen molar-refractivity contribution in [3.05, 3.63) is 29.0 Å². The van der Waals surface area contributed by atoms with E-state index in [2.05, 4.69) is 4.98 Å². The summed E-state index contributed by atoms with van der Waals surface area (Å²) in [4.78, 5) is 15.3. The Hall–Kier alpha value is -1.35. The highest BCUT2D eigenvalue weighted by Gasteiger charge is 2.09. The molecule has 0 radical (unpaired) electrons. The standard InChI is InChI=1S/C11H11ClN2O/c1-7(15)3-8-4-9(12)5-10-11(8)14(2)6-13-10/h4-6H,3H2,1-2H3. The second-order valence-corrected chi connectivity index (χ2v) is 4.10. The van der Waals surface area contributed by atoms with Crippen LogP contribution in [-0.2, 0) is 18.3 Å². The van der Waals surface area contributed by atoms with Gasteiger partial charge in [0.05, 0.1) is 17.4 Å². The van der Waals surface area contributed by atoms with E-state index in [1.165, 1.54) is 0 Å². The first kappa shape index (κ1) is 10.2. The molecule has 0 aliphatic heterocycles. The number of ketones is 1. The number of imidazole rings is 1. The maximum absolute atomic E-state index is 11.1. The Morgan fingerprint density at radius 3 is 2.93 bits per heavy atom. The van der Waals surface area contributed by atoms with E-state index in [0.29, 0.717) is 11.4 Å². The van der Waals surface area contributed by atoms with Crippen LogP contribution in [0.3, 0.4) is 0 Å². The number of nitrogens with zero attached hydrogens (tertiary/aromatic N) is 2. The topological polar surface area (TPSA) is 34.9 Å². The number of hydrogen-bond donors (Lipinski definition) is 0. The number of Topliss-reactive ketones (excluding diaryl/α,β-unsaturated/α-hetero) is 1. The molecule has 0 aliphatic carbocycles. The largest absolute Gasteiger partial charge is 0.333 e. The Bertz CT molecular complexity index is 531. The number of aryl methyl sites for hydroxylation is 1. The lowest BCUT2D eigenvalue weighted by atomic mass is 10.1. The van der Waals surface area contributed by atoms with Crippen molar-refractivity contribution >= 4 is 28.4 Å². The molecule has 0 unspecified atom stereocenters. The summed E-state index contributed by atoms with van der Waals surface area (Å²) in [6.07, 6.45) is 2.13. The van der Waals surface area contributed by atoms with Gasteiger partial charge in [0.1, 0.15) is 5.78 Å². The molecule has 1 aromatic heterocycles. The summed E-state index contributed by atoms with van der Waals surface area (Å²) >= 11 is 5.96. The quantitative estimate of drug-likeness (QED) is 0.782. The summed E-state index contributed by atoms with van der Waals surface area (Å²) < 4.78 is 1.91. The van der Waals surface area contributed by atoms with E-state index in [1.807, 2.05) is 17.7 Å². The Morgan fingerprint density at radius 2 is 2.27 bits per heavy atom. The Morgan fingerprint density at radius 1 is 1.53 bits per heavy atom. The second kappa shape index (κ2) is 3.66. The lowest BCUT2D eigenvalue weighted by Crippen LogP contribution is -1.99. The molecule has 0 aliphatic rings. The number of aromatic nitrogens is 2. The molecule has 78 valence electrons. The first-order chi connectivity index (χ1) is 7.08. The molecule has 0 atom stereocenters.